The molecule has 0 bridgehead atoms. The summed E-state index contributed by atoms with van der Waals surface area (Å²) in [5, 5.41) is 6.93. The summed E-state index contributed by atoms with van der Waals surface area (Å²) < 4.78 is 0. The van der Waals surface area contributed by atoms with Gasteiger partial charge in [-0.1, -0.05) is 30.7 Å². The number of pyridine rings is 2. The Morgan fingerprint density at radius 1 is 1.07 bits per heavy atom. The summed E-state index contributed by atoms with van der Waals surface area (Å²) in [6.07, 6.45) is 9.04. The third-order valence-electron chi connectivity index (χ3n) is 5.20. The Balaban J connectivity index is 1.41. The second-order valence-electron chi connectivity index (χ2n) is 7.15. The van der Waals surface area contributed by atoms with Crippen LogP contribution in [0, 0.1) is 0 Å². The van der Waals surface area contributed by atoms with Gasteiger partial charge in [-0.05, 0) is 49.7 Å². The van der Waals surface area contributed by atoms with Crippen molar-refractivity contribution in [1.29, 1.82) is 0 Å². The highest BCUT2D eigenvalue weighted by molar-refractivity contribution is 5.91. The molecule has 3 aromatic rings. The van der Waals surface area contributed by atoms with Gasteiger partial charge < -0.3 is 10.6 Å². The van der Waals surface area contributed by atoms with E-state index in [0.29, 0.717) is 12.2 Å². The third-order valence-corrected chi connectivity index (χ3v) is 5.20. The van der Waals surface area contributed by atoms with Gasteiger partial charge in [-0.25, -0.2) is 4.79 Å². The lowest BCUT2D eigenvalue weighted by molar-refractivity contribution is 0.161. The van der Waals surface area contributed by atoms with Crippen LogP contribution in [0.4, 0.5) is 10.5 Å². The van der Waals surface area contributed by atoms with Crippen LogP contribution in [0.5, 0.6) is 0 Å². The smallest absolute Gasteiger partial charge is 0.319 e. The number of aromatic nitrogens is 2. The van der Waals surface area contributed by atoms with Crippen LogP contribution in [-0.4, -0.2) is 40.5 Å². The highest BCUT2D eigenvalue weighted by atomic mass is 16.2. The van der Waals surface area contributed by atoms with Crippen molar-refractivity contribution in [1.82, 2.24) is 20.2 Å². The van der Waals surface area contributed by atoms with Crippen LogP contribution in [0.3, 0.4) is 0 Å². The van der Waals surface area contributed by atoms with Crippen molar-refractivity contribution in [3.05, 3.63) is 66.6 Å². The van der Waals surface area contributed by atoms with Gasteiger partial charge in [0, 0.05) is 24.3 Å². The first-order valence-electron chi connectivity index (χ1n) is 9.83. The topological polar surface area (TPSA) is 70.2 Å². The molecule has 1 aromatic carbocycles. The average molecular weight is 375 g/mol. The van der Waals surface area contributed by atoms with Gasteiger partial charge in [0.2, 0.25) is 0 Å². The van der Waals surface area contributed by atoms with E-state index in [2.05, 4.69) is 31.6 Å². The highest BCUT2D eigenvalue weighted by Crippen LogP contribution is 2.23. The minimum absolute atomic E-state index is 0.134. The SMILES string of the molecule is O=C(NC[C@@H](c1cccnc1)N1CCCCC1)Nc1cnc2ccccc2c1. The van der Waals surface area contributed by atoms with Crippen molar-refractivity contribution in [2.24, 2.45) is 0 Å². The number of benzene rings is 1. The van der Waals surface area contributed by atoms with E-state index in [1.165, 1.54) is 19.3 Å². The lowest BCUT2D eigenvalue weighted by Gasteiger charge is -2.34. The monoisotopic (exact) mass is 375 g/mol. The second-order valence-corrected chi connectivity index (χ2v) is 7.15. The Bertz CT molecular complexity index is 924. The zero-order valence-corrected chi connectivity index (χ0v) is 15.8. The zero-order chi connectivity index (χ0) is 19.2. The van der Waals surface area contributed by atoms with E-state index in [9.17, 15) is 4.79 Å². The molecule has 1 aliphatic heterocycles. The van der Waals surface area contributed by atoms with E-state index >= 15 is 0 Å². The lowest BCUT2D eigenvalue weighted by Crippen LogP contribution is -2.41. The van der Waals surface area contributed by atoms with E-state index < -0.39 is 0 Å². The van der Waals surface area contributed by atoms with Gasteiger partial charge in [-0.3, -0.25) is 14.9 Å². The number of hydrogen-bond donors (Lipinski definition) is 2. The molecule has 0 saturated carbocycles. The molecule has 6 nitrogen and oxygen atoms in total. The number of urea groups is 1. The molecule has 0 spiro atoms. The van der Waals surface area contributed by atoms with Crippen LogP contribution in [-0.2, 0) is 0 Å². The molecule has 0 radical (unpaired) electrons. The molecule has 2 amide bonds. The number of fused-ring (bicyclic) bond motifs is 1. The van der Waals surface area contributed by atoms with Gasteiger partial charge in [-0.15, -0.1) is 0 Å². The predicted octanol–water partition coefficient (Wildman–Crippen LogP) is 3.98. The predicted molar refractivity (Wildman–Crippen MR) is 111 cm³/mol. The molecule has 1 fully saturated rings. The standard InChI is InChI=1S/C22H25N5O/c28-22(26-19-13-17-7-2-3-9-20(17)24-15-19)25-16-21(18-8-6-10-23-14-18)27-11-4-1-5-12-27/h2-3,6-10,13-15,21H,1,4-5,11-12,16H2,(H2,25,26,28)/t21-/m0/s1. The number of anilines is 1. The van der Waals surface area contributed by atoms with E-state index in [-0.39, 0.29) is 12.1 Å². The number of carbonyl (C=O) groups excluding carboxylic acids is 1. The summed E-state index contributed by atoms with van der Waals surface area (Å²) in [6, 6.07) is 13.7. The molecular formula is C22H25N5O. The molecule has 0 unspecified atom stereocenters. The van der Waals surface area contributed by atoms with Gasteiger partial charge in [0.25, 0.3) is 0 Å². The lowest BCUT2D eigenvalue weighted by atomic mass is 10.0. The summed E-state index contributed by atoms with van der Waals surface area (Å²) in [7, 11) is 0. The largest absolute Gasteiger partial charge is 0.336 e. The quantitative estimate of drug-likeness (QED) is 0.708. The summed E-state index contributed by atoms with van der Waals surface area (Å²) in [5.74, 6) is 0. The Kier molecular flexibility index (Phi) is 5.77. The molecule has 1 saturated heterocycles. The maximum Gasteiger partial charge on any atom is 0.319 e. The van der Waals surface area contributed by atoms with Crippen molar-refractivity contribution in [3.8, 4) is 0 Å². The van der Waals surface area contributed by atoms with Crippen LogP contribution in [0.15, 0.2) is 61.1 Å². The third kappa shape index (κ3) is 4.46. The Hall–Kier alpha value is -2.99. The fraction of sp³-hybridized carbons (Fsp3) is 0.318. The van der Waals surface area contributed by atoms with Crippen molar-refractivity contribution < 1.29 is 4.79 Å². The molecule has 0 aliphatic carbocycles. The molecule has 28 heavy (non-hydrogen) atoms. The van der Waals surface area contributed by atoms with Crippen molar-refractivity contribution in [3.63, 3.8) is 0 Å². The van der Waals surface area contributed by atoms with Gasteiger partial charge in [0.1, 0.15) is 0 Å². The first kappa shape index (κ1) is 18.4. The van der Waals surface area contributed by atoms with Crippen LogP contribution in [0.1, 0.15) is 30.9 Å². The zero-order valence-electron chi connectivity index (χ0n) is 15.8. The van der Waals surface area contributed by atoms with E-state index in [0.717, 1.165) is 29.6 Å². The molecule has 3 heterocycles. The highest BCUT2D eigenvalue weighted by Gasteiger charge is 2.23. The summed E-state index contributed by atoms with van der Waals surface area (Å²) in [5.41, 5.74) is 2.74. The van der Waals surface area contributed by atoms with Crippen LogP contribution in [0.2, 0.25) is 0 Å². The number of rotatable bonds is 5. The number of carbonyl (C=O) groups is 1. The maximum atomic E-state index is 12.5. The van der Waals surface area contributed by atoms with Crippen LogP contribution < -0.4 is 10.6 Å². The molecule has 1 aliphatic rings. The maximum absolute atomic E-state index is 12.5. The fourth-order valence-corrected chi connectivity index (χ4v) is 3.76. The number of amides is 2. The fourth-order valence-electron chi connectivity index (χ4n) is 3.76. The van der Waals surface area contributed by atoms with Crippen LogP contribution in [0.25, 0.3) is 10.9 Å². The molecule has 6 heteroatoms. The van der Waals surface area contributed by atoms with Crippen molar-refractivity contribution >= 4 is 22.6 Å². The first-order valence-corrected chi connectivity index (χ1v) is 9.83. The minimum Gasteiger partial charge on any atom is -0.336 e. The summed E-state index contributed by atoms with van der Waals surface area (Å²) in [6.45, 7) is 2.65. The molecule has 4 rings (SSSR count). The van der Waals surface area contributed by atoms with Crippen molar-refractivity contribution in [2.75, 3.05) is 25.0 Å². The van der Waals surface area contributed by atoms with Gasteiger partial charge in [0.05, 0.1) is 23.4 Å². The average Bonchev–Trinajstić information content (AvgIpc) is 2.75. The summed E-state index contributed by atoms with van der Waals surface area (Å²) >= 11 is 0. The molecule has 1 atom stereocenters. The van der Waals surface area contributed by atoms with E-state index in [4.69, 9.17) is 0 Å². The normalized spacial score (nSPS) is 15.9. The van der Waals surface area contributed by atoms with Gasteiger partial charge >= 0.3 is 6.03 Å². The van der Waals surface area contributed by atoms with Gasteiger partial charge in [0.15, 0.2) is 0 Å². The van der Waals surface area contributed by atoms with Crippen LogP contribution >= 0.6 is 0 Å². The number of piperidine rings is 1. The van der Waals surface area contributed by atoms with Crippen molar-refractivity contribution in [2.45, 2.75) is 25.3 Å². The summed E-state index contributed by atoms with van der Waals surface area (Å²) in [4.78, 5) is 23.6. The number of hydrogen-bond acceptors (Lipinski definition) is 4. The Labute approximate surface area is 165 Å². The number of nitrogens with one attached hydrogen (secondary N) is 2. The van der Waals surface area contributed by atoms with E-state index in [1.54, 1.807) is 12.4 Å². The molecular weight excluding hydrogens is 350 g/mol. The van der Waals surface area contributed by atoms with Gasteiger partial charge in [-0.2, -0.15) is 0 Å². The Morgan fingerprint density at radius 2 is 1.93 bits per heavy atom. The molecule has 2 N–H and O–H groups in total. The Morgan fingerprint density at radius 3 is 2.75 bits per heavy atom. The number of nitrogens with zero attached hydrogens (tertiary/aromatic N) is 3. The van der Waals surface area contributed by atoms with E-state index in [1.807, 2.05) is 42.6 Å². The number of likely N-dealkylation sites (tertiary alicyclic amines) is 1. The molecule has 144 valence electrons. The second kappa shape index (κ2) is 8.80. The molecule has 2 aromatic heterocycles. The minimum atomic E-state index is -0.219. The first-order chi connectivity index (χ1) is 13.8. The number of para-hydroxylation sites is 1.